The predicted octanol–water partition coefficient (Wildman–Crippen LogP) is 6.09. The lowest BCUT2D eigenvalue weighted by Gasteiger charge is -2.19. The fraction of sp³-hybridized carbons (Fsp3) is 0.269. The summed E-state index contributed by atoms with van der Waals surface area (Å²) in [5, 5.41) is 3.06. The molecule has 4 heteroatoms. The second-order valence-electron chi connectivity index (χ2n) is 7.45. The summed E-state index contributed by atoms with van der Waals surface area (Å²) in [5.74, 6) is 1.20. The first-order valence-electron chi connectivity index (χ1n) is 10.2. The van der Waals surface area contributed by atoms with Gasteiger partial charge in [0, 0.05) is 11.4 Å². The molecule has 0 saturated heterocycles. The molecule has 3 aromatic carbocycles. The fourth-order valence-corrected chi connectivity index (χ4v) is 4.20. The van der Waals surface area contributed by atoms with Crippen molar-refractivity contribution in [1.29, 1.82) is 0 Å². The number of hydrogen-bond donors (Lipinski definition) is 1. The van der Waals surface area contributed by atoms with Crippen LogP contribution in [0.4, 0.5) is 5.69 Å². The summed E-state index contributed by atoms with van der Waals surface area (Å²) >= 11 is 1.59. The van der Waals surface area contributed by atoms with E-state index in [1.54, 1.807) is 11.8 Å². The van der Waals surface area contributed by atoms with E-state index in [9.17, 15) is 4.79 Å². The van der Waals surface area contributed by atoms with Crippen molar-refractivity contribution in [3.05, 3.63) is 101 Å². The number of thioether (sulfide) groups is 1. The summed E-state index contributed by atoms with van der Waals surface area (Å²) in [5.41, 5.74) is 6.61. The maximum absolute atomic E-state index is 12.4. The Balaban J connectivity index is 1.49. The van der Waals surface area contributed by atoms with E-state index in [1.807, 2.05) is 50.2 Å². The SMILES string of the molecule is Cc1cc(C)c(NC(=O)CSCCOC(c2ccccc2)c2ccccc2)c(C)c1. The largest absolute Gasteiger partial charge is 0.368 e. The van der Waals surface area contributed by atoms with E-state index in [4.69, 9.17) is 4.74 Å². The standard InChI is InChI=1S/C26H29NO2S/c1-19-16-20(2)25(21(3)17-19)27-24(28)18-30-15-14-29-26(22-10-6-4-7-11-22)23-12-8-5-9-13-23/h4-13,16-17,26H,14-15,18H2,1-3H3,(H,27,28). The second kappa shape index (κ2) is 11.0. The third kappa shape index (κ3) is 6.22. The lowest BCUT2D eigenvalue weighted by atomic mass is 10.0. The van der Waals surface area contributed by atoms with Crippen LogP contribution in [0.2, 0.25) is 0 Å². The highest BCUT2D eigenvalue weighted by Crippen LogP contribution is 2.26. The molecule has 0 aliphatic heterocycles. The summed E-state index contributed by atoms with van der Waals surface area (Å²) in [6.07, 6.45) is -0.0975. The van der Waals surface area contributed by atoms with Gasteiger partial charge in [0.1, 0.15) is 6.10 Å². The van der Waals surface area contributed by atoms with Gasteiger partial charge in [0.05, 0.1) is 12.4 Å². The number of rotatable bonds is 9. The average molecular weight is 420 g/mol. The van der Waals surface area contributed by atoms with Crippen molar-refractivity contribution in [3.8, 4) is 0 Å². The molecule has 3 nitrogen and oxygen atoms in total. The van der Waals surface area contributed by atoms with Gasteiger partial charge in [0.2, 0.25) is 5.91 Å². The number of anilines is 1. The van der Waals surface area contributed by atoms with Gasteiger partial charge in [-0.1, -0.05) is 78.4 Å². The molecule has 0 fully saturated rings. The van der Waals surface area contributed by atoms with Crippen LogP contribution in [0.15, 0.2) is 72.8 Å². The van der Waals surface area contributed by atoms with Gasteiger partial charge < -0.3 is 10.1 Å². The van der Waals surface area contributed by atoms with Crippen molar-refractivity contribution in [1.82, 2.24) is 0 Å². The van der Waals surface area contributed by atoms with Gasteiger partial charge in [0.15, 0.2) is 0 Å². The Hall–Kier alpha value is -2.56. The molecule has 0 unspecified atom stereocenters. The molecule has 3 rings (SSSR count). The van der Waals surface area contributed by atoms with Gasteiger partial charge in [-0.05, 0) is 43.0 Å². The molecule has 0 saturated carbocycles. The van der Waals surface area contributed by atoms with E-state index < -0.39 is 0 Å². The van der Waals surface area contributed by atoms with Crippen LogP contribution in [0.25, 0.3) is 0 Å². The summed E-state index contributed by atoms with van der Waals surface area (Å²) in [6, 6.07) is 24.7. The van der Waals surface area contributed by atoms with E-state index in [2.05, 4.69) is 48.6 Å². The summed E-state index contributed by atoms with van der Waals surface area (Å²) in [6.45, 7) is 6.71. The van der Waals surface area contributed by atoms with Crippen molar-refractivity contribution < 1.29 is 9.53 Å². The molecular formula is C26H29NO2S. The molecule has 0 aliphatic rings. The molecule has 0 radical (unpaired) electrons. The van der Waals surface area contributed by atoms with Gasteiger partial charge >= 0.3 is 0 Å². The van der Waals surface area contributed by atoms with Crippen LogP contribution in [0.3, 0.4) is 0 Å². The van der Waals surface area contributed by atoms with Crippen molar-refractivity contribution in [2.45, 2.75) is 26.9 Å². The molecular weight excluding hydrogens is 390 g/mol. The molecule has 0 aliphatic carbocycles. The number of hydrogen-bond acceptors (Lipinski definition) is 3. The Labute approximate surface area is 183 Å². The van der Waals surface area contributed by atoms with Gasteiger partial charge in [-0.2, -0.15) is 0 Å². The van der Waals surface area contributed by atoms with Crippen LogP contribution in [-0.4, -0.2) is 24.0 Å². The monoisotopic (exact) mass is 419 g/mol. The van der Waals surface area contributed by atoms with E-state index in [-0.39, 0.29) is 12.0 Å². The minimum atomic E-state index is -0.0975. The molecule has 0 bridgehead atoms. The highest BCUT2D eigenvalue weighted by Gasteiger charge is 2.14. The van der Waals surface area contributed by atoms with Crippen LogP contribution < -0.4 is 5.32 Å². The molecule has 0 heterocycles. The number of benzene rings is 3. The van der Waals surface area contributed by atoms with E-state index in [0.29, 0.717) is 12.4 Å². The highest BCUT2D eigenvalue weighted by molar-refractivity contribution is 7.99. The summed E-state index contributed by atoms with van der Waals surface area (Å²) in [4.78, 5) is 12.4. The van der Waals surface area contributed by atoms with Gasteiger partial charge in [-0.15, -0.1) is 11.8 Å². The highest BCUT2D eigenvalue weighted by atomic mass is 32.2. The Bertz CT molecular complexity index is 895. The second-order valence-corrected chi connectivity index (χ2v) is 8.55. The van der Waals surface area contributed by atoms with Crippen LogP contribution in [0, 0.1) is 20.8 Å². The fourth-order valence-electron chi connectivity index (χ4n) is 3.58. The summed E-state index contributed by atoms with van der Waals surface area (Å²) in [7, 11) is 0. The first kappa shape index (κ1) is 22.1. The smallest absolute Gasteiger partial charge is 0.234 e. The van der Waals surface area contributed by atoms with Gasteiger partial charge in [-0.3, -0.25) is 4.79 Å². The topological polar surface area (TPSA) is 38.3 Å². The zero-order valence-electron chi connectivity index (χ0n) is 17.9. The van der Waals surface area contributed by atoms with E-state index in [1.165, 1.54) is 5.56 Å². The zero-order valence-corrected chi connectivity index (χ0v) is 18.7. The molecule has 1 N–H and O–H groups in total. The molecule has 3 aromatic rings. The lowest BCUT2D eigenvalue weighted by molar-refractivity contribution is -0.113. The number of nitrogens with one attached hydrogen (secondary N) is 1. The Morgan fingerprint density at radius 3 is 1.97 bits per heavy atom. The molecule has 0 spiro atoms. The predicted molar refractivity (Wildman–Crippen MR) is 127 cm³/mol. The Morgan fingerprint density at radius 1 is 0.900 bits per heavy atom. The lowest BCUT2D eigenvalue weighted by Crippen LogP contribution is -2.17. The number of amides is 1. The minimum Gasteiger partial charge on any atom is -0.368 e. The third-order valence-electron chi connectivity index (χ3n) is 4.89. The quantitative estimate of drug-likeness (QED) is 0.427. The first-order valence-corrected chi connectivity index (χ1v) is 11.4. The number of ether oxygens (including phenoxy) is 1. The number of carbonyl (C=O) groups is 1. The van der Waals surface area contributed by atoms with E-state index >= 15 is 0 Å². The Kier molecular flexibility index (Phi) is 8.12. The van der Waals surface area contributed by atoms with Crippen molar-refractivity contribution in [3.63, 3.8) is 0 Å². The molecule has 156 valence electrons. The molecule has 0 aromatic heterocycles. The van der Waals surface area contributed by atoms with Crippen molar-refractivity contribution in [2.75, 3.05) is 23.4 Å². The normalized spacial score (nSPS) is 10.9. The summed E-state index contributed by atoms with van der Waals surface area (Å²) < 4.78 is 6.21. The maximum atomic E-state index is 12.4. The van der Waals surface area contributed by atoms with Crippen LogP contribution in [0.1, 0.15) is 33.9 Å². The van der Waals surface area contributed by atoms with E-state index in [0.717, 1.165) is 33.7 Å². The van der Waals surface area contributed by atoms with Crippen LogP contribution >= 0.6 is 11.8 Å². The van der Waals surface area contributed by atoms with Gasteiger partial charge in [0.25, 0.3) is 0 Å². The third-order valence-corrected chi connectivity index (χ3v) is 5.81. The van der Waals surface area contributed by atoms with Crippen LogP contribution in [0.5, 0.6) is 0 Å². The Morgan fingerprint density at radius 2 is 1.43 bits per heavy atom. The van der Waals surface area contributed by atoms with Crippen molar-refractivity contribution in [2.24, 2.45) is 0 Å². The average Bonchev–Trinajstić information content (AvgIpc) is 2.74. The van der Waals surface area contributed by atoms with Crippen LogP contribution in [-0.2, 0) is 9.53 Å². The number of carbonyl (C=O) groups excluding carboxylic acids is 1. The maximum Gasteiger partial charge on any atom is 0.234 e. The minimum absolute atomic E-state index is 0.0257. The van der Waals surface area contributed by atoms with Gasteiger partial charge in [-0.25, -0.2) is 0 Å². The zero-order chi connectivity index (χ0) is 21.3. The molecule has 0 atom stereocenters. The molecule has 30 heavy (non-hydrogen) atoms. The van der Waals surface area contributed by atoms with Crippen molar-refractivity contribution >= 4 is 23.4 Å². The first-order chi connectivity index (χ1) is 14.5. The molecule has 1 amide bonds. The number of aryl methyl sites for hydroxylation is 3.